The molecule has 0 fully saturated rings. The normalized spacial score (nSPS) is 10.8. The van der Waals surface area contributed by atoms with Crippen LogP contribution in [0, 0.1) is 0 Å². The van der Waals surface area contributed by atoms with E-state index in [-0.39, 0.29) is 12.4 Å². The molecule has 0 bridgehead atoms. The van der Waals surface area contributed by atoms with E-state index in [0.717, 1.165) is 8.73 Å². The van der Waals surface area contributed by atoms with Crippen LogP contribution in [0.3, 0.4) is 0 Å². The summed E-state index contributed by atoms with van der Waals surface area (Å²) in [5.41, 5.74) is 1.45. The van der Waals surface area contributed by atoms with Crippen LogP contribution in [0.1, 0.15) is 19.4 Å². The van der Waals surface area contributed by atoms with Gasteiger partial charge in [-0.2, -0.15) is 0 Å². The number of hydrogen-bond acceptors (Lipinski definition) is 1. The molecule has 0 saturated carbocycles. The van der Waals surface area contributed by atoms with Crippen LogP contribution in [0.15, 0.2) is 30.3 Å². The van der Waals surface area contributed by atoms with Crippen LogP contribution >= 0.6 is 21.1 Å². The van der Waals surface area contributed by atoms with E-state index in [9.17, 15) is 0 Å². The molecule has 1 rings (SSSR count). The van der Waals surface area contributed by atoms with Crippen molar-refractivity contribution in [3.05, 3.63) is 35.9 Å². The summed E-state index contributed by atoms with van der Waals surface area (Å²) in [6.45, 7) is 6.78. The van der Waals surface area contributed by atoms with Crippen molar-refractivity contribution < 1.29 is 0 Å². The van der Waals surface area contributed by atoms with E-state index < -0.39 is 0 Å². The second kappa shape index (κ2) is 8.23. The lowest BCUT2D eigenvalue weighted by Gasteiger charge is -2.17. The van der Waals surface area contributed by atoms with E-state index in [1.54, 1.807) is 0 Å². The van der Waals surface area contributed by atoms with Crippen molar-refractivity contribution in [1.29, 1.82) is 0 Å². The van der Waals surface area contributed by atoms with Crippen molar-refractivity contribution in [3.63, 3.8) is 0 Å². The van der Waals surface area contributed by atoms with Crippen LogP contribution in [-0.4, -0.2) is 17.8 Å². The van der Waals surface area contributed by atoms with Crippen molar-refractivity contribution in [1.82, 2.24) is 4.67 Å². The van der Waals surface area contributed by atoms with Crippen LogP contribution < -0.4 is 0 Å². The van der Waals surface area contributed by atoms with Gasteiger partial charge < -0.3 is 0 Å². The Kier molecular flexibility index (Phi) is 8.17. The van der Waals surface area contributed by atoms with Gasteiger partial charge in [0.05, 0.1) is 0 Å². The highest BCUT2D eigenvalue weighted by Gasteiger charge is 1.98. The van der Waals surface area contributed by atoms with Crippen LogP contribution in [0.5, 0.6) is 0 Å². The van der Waals surface area contributed by atoms with Gasteiger partial charge in [-0.25, -0.2) is 0 Å². The Balaban J connectivity index is 0.00000169. The van der Waals surface area contributed by atoms with Crippen molar-refractivity contribution >= 4 is 21.1 Å². The van der Waals surface area contributed by atoms with Gasteiger partial charge in [-0.05, 0) is 27.4 Å². The van der Waals surface area contributed by atoms with E-state index in [2.05, 4.69) is 48.8 Å². The molecule has 14 heavy (non-hydrogen) atoms. The SMILES string of the molecule is CCN(CC)PCc1ccccc1.Cl. The van der Waals surface area contributed by atoms with Crippen LogP contribution in [0.25, 0.3) is 0 Å². The van der Waals surface area contributed by atoms with E-state index in [0.29, 0.717) is 0 Å². The maximum atomic E-state index is 2.48. The fraction of sp³-hybridized carbons (Fsp3) is 0.455. The zero-order chi connectivity index (χ0) is 9.52. The Bertz CT molecular complexity index is 224. The standard InChI is InChI=1S/C11H18NP.ClH/c1-3-12(4-2)13-10-11-8-6-5-7-9-11;/h5-9,13H,3-4,10H2,1-2H3;1H. The highest BCUT2D eigenvalue weighted by Crippen LogP contribution is 2.22. The molecule has 1 nitrogen and oxygen atoms in total. The number of halogens is 1. The zero-order valence-corrected chi connectivity index (χ0v) is 10.7. The molecule has 3 heteroatoms. The van der Waals surface area contributed by atoms with Gasteiger partial charge in [-0.1, -0.05) is 44.2 Å². The van der Waals surface area contributed by atoms with Crippen LogP contribution in [-0.2, 0) is 6.16 Å². The molecule has 0 aliphatic carbocycles. The first-order valence-electron chi connectivity index (χ1n) is 4.89. The lowest BCUT2D eigenvalue weighted by molar-refractivity contribution is 0.515. The Labute approximate surface area is 95.1 Å². The Morgan fingerprint density at radius 2 is 1.64 bits per heavy atom. The van der Waals surface area contributed by atoms with Gasteiger partial charge >= 0.3 is 0 Å². The molecule has 0 N–H and O–H groups in total. The van der Waals surface area contributed by atoms with E-state index >= 15 is 0 Å². The van der Waals surface area contributed by atoms with E-state index in [1.807, 2.05) is 0 Å². The van der Waals surface area contributed by atoms with Gasteiger partial charge in [0, 0.05) is 6.16 Å². The summed E-state index contributed by atoms with van der Waals surface area (Å²) >= 11 is 0. The predicted octanol–water partition coefficient (Wildman–Crippen LogP) is 3.54. The monoisotopic (exact) mass is 231 g/mol. The molecule has 0 radical (unpaired) electrons. The zero-order valence-electron chi connectivity index (χ0n) is 8.86. The molecule has 0 amide bonds. The first-order valence-corrected chi connectivity index (χ1v) is 6.04. The fourth-order valence-corrected chi connectivity index (χ4v) is 2.34. The minimum atomic E-state index is 0. The molecule has 0 saturated heterocycles. The average Bonchev–Trinajstić information content (AvgIpc) is 2.21. The summed E-state index contributed by atoms with van der Waals surface area (Å²) in [6.07, 6.45) is 1.20. The molecule has 0 heterocycles. The molecular formula is C11H19ClNP. The third-order valence-corrected chi connectivity index (χ3v) is 3.76. The molecular weight excluding hydrogens is 213 g/mol. The molecule has 0 aliphatic heterocycles. The van der Waals surface area contributed by atoms with Gasteiger partial charge in [0.25, 0.3) is 0 Å². The molecule has 1 unspecified atom stereocenters. The maximum absolute atomic E-state index is 2.48. The molecule has 1 aromatic rings. The topological polar surface area (TPSA) is 3.24 Å². The lowest BCUT2D eigenvalue weighted by Crippen LogP contribution is -2.12. The van der Waals surface area contributed by atoms with E-state index in [1.165, 1.54) is 24.8 Å². The predicted molar refractivity (Wildman–Crippen MR) is 68.6 cm³/mol. The minimum Gasteiger partial charge on any atom is -0.285 e. The Morgan fingerprint density at radius 3 is 2.14 bits per heavy atom. The molecule has 0 spiro atoms. The highest BCUT2D eigenvalue weighted by molar-refractivity contribution is 7.34. The van der Waals surface area contributed by atoms with Crippen molar-refractivity contribution in [2.45, 2.75) is 20.0 Å². The summed E-state index contributed by atoms with van der Waals surface area (Å²) in [4.78, 5) is 0. The lowest BCUT2D eigenvalue weighted by atomic mass is 10.2. The van der Waals surface area contributed by atoms with Gasteiger partial charge in [-0.15, -0.1) is 12.4 Å². The van der Waals surface area contributed by atoms with Gasteiger partial charge in [0.1, 0.15) is 0 Å². The molecule has 0 aromatic heterocycles. The summed E-state index contributed by atoms with van der Waals surface area (Å²) < 4.78 is 2.48. The van der Waals surface area contributed by atoms with Crippen molar-refractivity contribution in [3.8, 4) is 0 Å². The van der Waals surface area contributed by atoms with Gasteiger partial charge in [0.15, 0.2) is 0 Å². The number of nitrogens with zero attached hydrogens (tertiary/aromatic N) is 1. The van der Waals surface area contributed by atoms with Crippen LogP contribution in [0.2, 0.25) is 0 Å². The first-order chi connectivity index (χ1) is 6.36. The van der Waals surface area contributed by atoms with E-state index in [4.69, 9.17) is 0 Å². The average molecular weight is 232 g/mol. The number of rotatable bonds is 5. The fourth-order valence-electron chi connectivity index (χ4n) is 1.25. The highest BCUT2D eigenvalue weighted by atomic mass is 35.5. The Hall–Kier alpha value is -0.100. The third kappa shape index (κ3) is 4.95. The van der Waals surface area contributed by atoms with Gasteiger partial charge in [-0.3, -0.25) is 4.67 Å². The quantitative estimate of drug-likeness (QED) is 0.701. The number of benzene rings is 1. The second-order valence-electron chi connectivity index (χ2n) is 2.99. The number of hydrogen-bond donors (Lipinski definition) is 0. The van der Waals surface area contributed by atoms with Gasteiger partial charge in [0.2, 0.25) is 0 Å². The molecule has 1 atom stereocenters. The summed E-state index contributed by atoms with van der Waals surface area (Å²) in [5.74, 6) is 0. The third-order valence-electron chi connectivity index (χ3n) is 2.11. The molecule has 1 aromatic carbocycles. The summed E-state index contributed by atoms with van der Waals surface area (Å²) in [6, 6.07) is 10.7. The Morgan fingerprint density at radius 1 is 1.07 bits per heavy atom. The van der Waals surface area contributed by atoms with Crippen molar-refractivity contribution in [2.75, 3.05) is 13.1 Å². The maximum Gasteiger partial charge on any atom is 0.00320 e. The smallest absolute Gasteiger partial charge is 0.00320 e. The van der Waals surface area contributed by atoms with Crippen LogP contribution in [0.4, 0.5) is 0 Å². The van der Waals surface area contributed by atoms with Crippen molar-refractivity contribution in [2.24, 2.45) is 0 Å². The summed E-state index contributed by atoms with van der Waals surface area (Å²) in [5, 5.41) is 0. The minimum absolute atomic E-state index is 0. The first kappa shape index (κ1) is 13.9. The molecule has 0 aliphatic rings. The second-order valence-corrected chi connectivity index (χ2v) is 4.30. The largest absolute Gasteiger partial charge is 0.285 e. The molecule has 80 valence electrons. The summed E-state index contributed by atoms with van der Waals surface area (Å²) in [7, 11) is 0.934.